The summed E-state index contributed by atoms with van der Waals surface area (Å²) >= 11 is 0. The van der Waals surface area contributed by atoms with E-state index in [4.69, 9.17) is 9.47 Å². The molecule has 0 bridgehead atoms. The van der Waals surface area contributed by atoms with Crippen LogP contribution in [0.2, 0.25) is 0 Å². The maximum absolute atomic E-state index is 14.1. The molecule has 0 spiro atoms. The van der Waals surface area contributed by atoms with E-state index in [9.17, 15) is 22.0 Å². The van der Waals surface area contributed by atoms with Gasteiger partial charge in [-0.1, -0.05) is 9.39 Å². The summed E-state index contributed by atoms with van der Waals surface area (Å²) < 4.78 is 78.9. The summed E-state index contributed by atoms with van der Waals surface area (Å²) in [4.78, 5) is 1.57. The van der Waals surface area contributed by atoms with Crippen LogP contribution < -0.4 is 5.09 Å². The second kappa shape index (κ2) is 7.66. The molecule has 4 nitrogen and oxygen atoms in total. The Morgan fingerprint density at radius 2 is 1.85 bits per heavy atom. The van der Waals surface area contributed by atoms with Gasteiger partial charge in [0.15, 0.2) is 0 Å². The van der Waals surface area contributed by atoms with Crippen LogP contribution in [0.5, 0.6) is 0 Å². The van der Waals surface area contributed by atoms with Crippen molar-refractivity contribution >= 4 is 9.39 Å². The van der Waals surface area contributed by atoms with Gasteiger partial charge in [0.1, 0.15) is 17.7 Å². The van der Waals surface area contributed by atoms with Gasteiger partial charge < -0.3 is 14.4 Å². The average molecular weight is 396 g/mol. The van der Waals surface area contributed by atoms with Crippen molar-refractivity contribution in [1.29, 1.82) is 0 Å². The van der Waals surface area contributed by atoms with Crippen molar-refractivity contribution < 1.29 is 31.4 Å². The van der Waals surface area contributed by atoms with E-state index < -0.39 is 35.7 Å². The number of allylic oxidation sites excluding steroid dienone is 1. The highest BCUT2D eigenvalue weighted by Gasteiger charge is 2.47. The average Bonchev–Trinajstić information content (AvgIpc) is 2.62. The Morgan fingerprint density at radius 1 is 1.15 bits per heavy atom. The quantitative estimate of drug-likeness (QED) is 0.628. The van der Waals surface area contributed by atoms with E-state index >= 15 is 0 Å². The monoisotopic (exact) mass is 396 g/mol. The standard InChI is InChI=1S/C16H18F5N2O2P/c17-9-1-2-11(18)10(7-9)14-12(22-26)8-13(15(25-14)16(19,20)21)23-3-5-24-6-4-23/h1-2,7,12,14,22H,3-6,8,26H2/t12?,14-/m1/s1. The fourth-order valence-corrected chi connectivity index (χ4v) is 3.47. The first kappa shape index (κ1) is 19.3. The summed E-state index contributed by atoms with van der Waals surface area (Å²) in [7, 11) is 2.20. The number of morpholine rings is 1. The molecule has 2 aliphatic heterocycles. The van der Waals surface area contributed by atoms with E-state index in [-0.39, 0.29) is 17.7 Å². The molecule has 26 heavy (non-hydrogen) atoms. The van der Waals surface area contributed by atoms with Crippen molar-refractivity contribution in [3.8, 4) is 0 Å². The molecule has 3 rings (SSSR count). The highest BCUT2D eigenvalue weighted by molar-refractivity contribution is 7.13. The summed E-state index contributed by atoms with van der Waals surface area (Å²) in [5.41, 5.74) is -0.262. The molecule has 2 unspecified atom stereocenters. The molecule has 2 heterocycles. The number of halogens is 5. The van der Waals surface area contributed by atoms with Crippen LogP contribution in [0.3, 0.4) is 0 Å². The van der Waals surface area contributed by atoms with Crippen LogP contribution in [0.4, 0.5) is 22.0 Å². The molecule has 10 heteroatoms. The third kappa shape index (κ3) is 3.94. The minimum absolute atomic E-state index is 0.00573. The van der Waals surface area contributed by atoms with E-state index in [1.54, 1.807) is 4.90 Å². The maximum Gasteiger partial charge on any atom is 0.450 e. The predicted molar refractivity (Wildman–Crippen MR) is 86.9 cm³/mol. The summed E-state index contributed by atoms with van der Waals surface area (Å²) in [6.07, 6.45) is -6.11. The van der Waals surface area contributed by atoms with E-state index in [1.165, 1.54) is 0 Å². The van der Waals surface area contributed by atoms with Crippen LogP contribution in [0.1, 0.15) is 18.1 Å². The zero-order valence-electron chi connectivity index (χ0n) is 13.7. The zero-order valence-corrected chi connectivity index (χ0v) is 14.8. The van der Waals surface area contributed by atoms with Gasteiger partial charge in [-0.05, 0) is 18.2 Å². The Bertz CT molecular complexity index is 692. The van der Waals surface area contributed by atoms with Gasteiger partial charge in [-0.3, -0.25) is 5.09 Å². The van der Waals surface area contributed by atoms with Gasteiger partial charge >= 0.3 is 6.18 Å². The van der Waals surface area contributed by atoms with Crippen molar-refractivity contribution in [3.63, 3.8) is 0 Å². The molecular weight excluding hydrogens is 378 g/mol. The summed E-state index contributed by atoms with van der Waals surface area (Å²) in [5, 5.41) is 2.78. The van der Waals surface area contributed by atoms with Crippen LogP contribution in [-0.4, -0.2) is 43.4 Å². The topological polar surface area (TPSA) is 33.7 Å². The number of nitrogens with one attached hydrogen (secondary N) is 1. The third-order valence-electron chi connectivity index (χ3n) is 4.41. The Labute approximate surface area is 149 Å². The number of hydrogen-bond acceptors (Lipinski definition) is 4. The van der Waals surface area contributed by atoms with Gasteiger partial charge in [-0.25, -0.2) is 8.78 Å². The second-order valence-electron chi connectivity index (χ2n) is 6.05. The molecule has 0 aliphatic carbocycles. The highest BCUT2D eigenvalue weighted by atomic mass is 31.0. The van der Waals surface area contributed by atoms with Crippen LogP contribution in [0, 0.1) is 11.6 Å². The summed E-state index contributed by atoms with van der Waals surface area (Å²) in [5.74, 6) is -2.73. The normalized spacial score (nSPS) is 24.6. The molecular formula is C16H18F5N2O2P. The van der Waals surface area contributed by atoms with Gasteiger partial charge in [0.25, 0.3) is 0 Å². The lowest BCUT2D eigenvalue weighted by Gasteiger charge is -2.41. The first-order valence-corrected chi connectivity index (χ1v) is 8.59. The molecule has 3 atom stereocenters. The van der Waals surface area contributed by atoms with Crippen LogP contribution >= 0.6 is 9.39 Å². The predicted octanol–water partition coefficient (Wildman–Crippen LogP) is 3.28. The first-order chi connectivity index (χ1) is 12.3. The lowest BCUT2D eigenvalue weighted by molar-refractivity contribution is -0.153. The van der Waals surface area contributed by atoms with E-state index in [0.29, 0.717) is 26.3 Å². The van der Waals surface area contributed by atoms with Crippen molar-refractivity contribution in [1.82, 2.24) is 9.99 Å². The molecule has 0 saturated carbocycles. The molecule has 1 aromatic carbocycles. The van der Waals surface area contributed by atoms with E-state index in [0.717, 1.165) is 18.2 Å². The Kier molecular flexibility index (Phi) is 5.69. The largest absolute Gasteiger partial charge is 0.478 e. The molecule has 1 N–H and O–H groups in total. The smallest absolute Gasteiger partial charge is 0.450 e. The maximum atomic E-state index is 14.1. The Balaban J connectivity index is 2.02. The van der Waals surface area contributed by atoms with Crippen molar-refractivity contribution in [3.05, 3.63) is 46.9 Å². The number of nitrogens with zero attached hydrogens (tertiary/aromatic N) is 1. The molecule has 1 saturated heterocycles. The number of benzene rings is 1. The van der Waals surface area contributed by atoms with Gasteiger partial charge in [0.2, 0.25) is 5.76 Å². The van der Waals surface area contributed by atoms with E-state index in [2.05, 4.69) is 14.5 Å². The fourth-order valence-electron chi connectivity index (χ4n) is 3.18. The fraction of sp³-hybridized carbons (Fsp3) is 0.500. The Hall–Kier alpha value is -1.44. The minimum Gasteiger partial charge on any atom is -0.478 e. The second-order valence-corrected chi connectivity index (χ2v) is 6.39. The van der Waals surface area contributed by atoms with Gasteiger partial charge in [0, 0.05) is 25.1 Å². The molecule has 1 aromatic rings. The summed E-state index contributed by atoms with van der Waals surface area (Å²) in [6, 6.07) is 1.97. The number of rotatable bonds is 3. The zero-order chi connectivity index (χ0) is 18.9. The van der Waals surface area contributed by atoms with Crippen molar-refractivity contribution in [2.45, 2.75) is 24.7 Å². The first-order valence-electron chi connectivity index (χ1n) is 8.02. The van der Waals surface area contributed by atoms with Gasteiger partial charge in [0.05, 0.1) is 25.0 Å². The molecule has 2 aliphatic rings. The van der Waals surface area contributed by atoms with E-state index in [1.807, 2.05) is 0 Å². The number of alkyl halides is 3. The SMILES string of the molecule is Fc1ccc(F)c([C@H]2OC(C(F)(F)F)=C(N3CCOCC3)CC2NP)c1. The van der Waals surface area contributed by atoms with Gasteiger partial charge in [-0.15, -0.1) is 0 Å². The lowest BCUT2D eigenvalue weighted by atomic mass is 9.94. The number of ether oxygens (including phenoxy) is 2. The molecule has 1 fully saturated rings. The van der Waals surface area contributed by atoms with Crippen LogP contribution in [0.15, 0.2) is 29.7 Å². The minimum atomic E-state index is -4.75. The van der Waals surface area contributed by atoms with Crippen LogP contribution in [-0.2, 0) is 9.47 Å². The third-order valence-corrected chi connectivity index (χ3v) is 4.84. The molecule has 0 aromatic heterocycles. The highest BCUT2D eigenvalue weighted by Crippen LogP contribution is 2.43. The number of hydrogen-bond donors (Lipinski definition) is 1. The molecule has 0 amide bonds. The Morgan fingerprint density at radius 3 is 2.46 bits per heavy atom. The molecule has 144 valence electrons. The lowest BCUT2D eigenvalue weighted by Crippen LogP contribution is -2.44. The van der Waals surface area contributed by atoms with Crippen molar-refractivity contribution in [2.75, 3.05) is 26.3 Å². The van der Waals surface area contributed by atoms with Gasteiger partial charge in [-0.2, -0.15) is 13.2 Å². The van der Waals surface area contributed by atoms with Crippen LogP contribution in [0.25, 0.3) is 0 Å². The summed E-state index contributed by atoms with van der Waals surface area (Å²) in [6.45, 7) is 1.24. The molecule has 0 radical (unpaired) electrons. The van der Waals surface area contributed by atoms with Crippen molar-refractivity contribution in [2.24, 2.45) is 0 Å².